The van der Waals surface area contributed by atoms with Crippen molar-refractivity contribution < 1.29 is 9.47 Å². The SMILES string of the molecule is CC(C)Oc1ccc(NC2CCOC2C)cc1Cl. The maximum atomic E-state index is 6.20. The van der Waals surface area contributed by atoms with Gasteiger partial charge in [-0.25, -0.2) is 0 Å². The molecule has 100 valence electrons. The van der Waals surface area contributed by atoms with Crippen molar-refractivity contribution in [1.82, 2.24) is 0 Å². The molecule has 1 aliphatic rings. The highest BCUT2D eigenvalue weighted by atomic mass is 35.5. The van der Waals surface area contributed by atoms with E-state index in [2.05, 4.69) is 12.2 Å². The summed E-state index contributed by atoms with van der Waals surface area (Å²) in [5, 5.41) is 4.09. The van der Waals surface area contributed by atoms with Crippen molar-refractivity contribution in [3.05, 3.63) is 23.2 Å². The Morgan fingerprint density at radius 1 is 1.44 bits per heavy atom. The van der Waals surface area contributed by atoms with Gasteiger partial charge < -0.3 is 14.8 Å². The summed E-state index contributed by atoms with van der Waals surface area (Å²) < 4.78 is 11.1. The Morgan fingerprint density at radius 3 is 2.78 bits per heavy atom. The van der Waals surface area contributed by atoms with Gasteiger partial charge in [0.1, 0.15) is 5.75 Å². The first-order chi connectivity index (χ1) is 8.56. The second-order valence-corrected chi connectivity index (χ2v) is 5.33. The van der Waals surface area contributed by atoms with Crippen LogP contribution >= 0.6 is 11.6 Å². The summed E-state index contributed by atoms with van der Waals surface area (Å²) in [6.45, 7) is 6.88. The number of ether oxygens (including phenoxy) is 2. The summed E-state index contributed by atoms with van der Waals surface area (Å²) in [5.74, 6) is 0.730. The molecule has 1 aromatic rings. The number of hydrogen-bond donors (Lipinski definition) is 1. The zero-order valence-electron chi connectivity index (χ0n) is 11.1. The molecule has 1 fully saturated rings. The number of hydrogen-bond acceptors (Lipinski definition) is 3. The van der Waals surface area contributed by atoms with Crippen molar-refractivity contribution in [3.63, 3.8) is 0 Å². The molecule has 0 radical (unpaired) electrons. The lowest BCUT2D eigenvalue weighted by molar-refractivity contribution is 0.121. The quantitative estimate of drug-likeness (QED) is 0.904. The van der Waals surface area contributed by atoms with Gasteiger partial charge in [0.2, 0.25) is 0 Å². The third kappa shape index (κ3) is 3.30. The van der Waals surface area contributed by atoms with Crippen molar-refractivity contribution in [2.75, 3.05) is 11.9 Å². The van der Waals surface area contributed by atoms with Crippen molar-refractivity contribution >= 4 is 17.3 Å². The smallest absolute Gasteiger partial charge is 0.138 e. The molecule has 1 heterocycles. The van der Waals surface area contributed by atoms with Crippen LogP contribution in [0.3, 0.4) is 0 Å². The van der Waals surface area contributed by atoms with Crippen LogP contribution in [0, 0.1) is 0 Å². The summed E-state index contributed by atoms with van der Waals surface area (Å²) in [7, 11) is 0. The minimum Gasteiger partial charge on any atom is -0.489 e. The summed E-state index contributed by atoms with van der Waals surface area (Å²) in [5.41, 5.74) is 1.01. The standard InChI is InChI=1S/C14H20ClNO2/c1-9(2)18-14-5-4-11(8-12(14)15)16-13-6-7-17-10(13)3/h4-5,8-10,13,16H,6-7H2,1-3H3. The summed E-state index contributed by atoms with van der Waals surface area (Å²) in [6.07, 6.45) is 1.41. The Labute approximate surface area is 113 Å². The lowest BCUT2D eigenvalue weighted by atomic mass is 10.1. The second kappa shape index (κ2) is 5.81. The van der Waals surface area contributed by atoms with E-state index in [0.717, 1.165) is 24.5 Å². The Morgan fingerprint density at radius 2 is 2.22 bits per heavy atom. The number of rotatable bonds is 4. The molecule has 3 nitrogen and oxygen atoms in total. The zero-order valence-corrected chi connectivity index (χ0v) is 11.8. The van der Waals surface area contributed by atoms with Gasteiger partial charge in [0.05, 0.1) is 23.3 Å². The fourth-order valence-corrected chi connectivity index (χ4v) is 2.30. The first-order valence-corrected chi connectivity index (χ1v) is 6.78. The van der Waals surface area contributed by atoms with Gasteiger partial charge in [-0.05, 0) is 45.4 Å². The lowest BCUT2D eigenvalue weighted by Crippen LogP contribution is -2.26. The van der Waals surface area contributed by atoms with Crippen LogP contribution in [0.25, 0.3) is 0 Å². The second-order valence-electron chi connectivity index (χ2n) is 4.93. The highest BCUT2D eigenvalue weighted by Gasteiger charge is 2.23. The molecule has 1 aromatic carbocycles. The maximum Gasteiger partial charge on any atom is 0.138 e. The van der Waals surface area contributed by atoms with E-state index in [-0.39, 0.29) is 12.2 Å². The number of anilines is 1. The molecular formula is C14H20ClNO2. The van der Waals surface area contributed by atoms with Gasteiger partial charge >= 0.3 is 0 Å². The van der Waals surface area contributed by atoms with Gasteiger partial charge in [-0.1, -0.05) is 11.6 Å². The summed E-state index contributed by atoms with van der Waals surface area (Å²) in [6, 6.07) is 6.17. The highest BCUT2D eigenvalue weighted by Crippen LogP contribution is 2.29. The molecule has 0 spiro atoms. The number of benzene rings is 1. The van der Waals surface area contributed by atoms with Gasteiger partial charge in [-0.15, -0.1) is 0 Å². The molecule has 18 heavy (non-hydrogen) atoms. The van der Waals surface area contributed by atoms with E-state index in [0.29, 0.717) is 11.1 Å². The number of nitrogens with one attached hydrogen (secondary N) is 1. The zero-order chi connectivity index (χ0) is 13.1. The van der Waals surface area contributed by atoms with Crippen LogP contribution in [-0.4, -0.2) is 24.9 Å². The Balaban J connectivity index is 2.04. The Kier molecular flexibility index (Phi) is 4.36. The predicted molar refractivity (Wildman–Crippen MR) is 74.7 cm³/mol. The molecule has 2 rings (SSSR count). The van der Waals surface area contributed by atoms with Gasteiger partial charge in [0.15, 0.2) is 0 Å². The molecule has 0 amide bonds. The molecule has 4 heteroatoms. The predicted octanol–water partition coefficient (Wildman–Crippen LogP) is 3.72. The molecule has 2 atom stereocenters. The van der Waals surface area contributed by atoms with Gasteiger partial charge in [-0.3, -0.25) is 0 Å². The molecule has 1 saturated heterocycles. The van der Waals surface area contributed by atoms with Crippen LogP contribution in [0.5, 0.6) is 5.75 Å². The fourth-order valence-electron chi connectivity index (χ4n) is 2.08. The molecule has 0 aliphatic carbocycles. The fraction of sp³-hybridized carbons (Fsp3) is 0.571. The first-order valence-electron chi connectivity index (χ1n) is 6.40. The molecule has 0 bridgehead atoms. The van der Waals surface area contributed by atoms with E-state index in [1.807, 2.05) is 32.0 Å². The average Bonchev–Trinajstić information content (AvgIpc) is 2.68. The molecule has 1 aliphatic heterocycles. The molecule has 0 saturated carbocycles. The van der Waals surface area contributed by atoms with E-state index in [9.17, 15) is 0 Å². The third-order valence-electron chi connectivity index (χ3n) is 3.02. The first kappa shape index (κ1) is 13.5. The van der Waals surface area contributed by atoms with Gasteiger partial charge in [0.25, 0.3) is 0 Å². The summed E-state index contributed by atoms with van der Waals surface area (Å²) in [4.78, 5) is 0. The van der Waals surface area contributed by atoms with Crippen LogP contribution in [0.2, 0.25) is 5.02 Å². The van der Waals surface area contributed by atoms with Crippen LogP contribution in [0.15, 0.2) is 18.2 Å². The van der Waals surface area contributed by atoms with E-state index >= 15 is 0 Å². The monoisotopic (exact) mass is 269 g/mol. The molecule has 0 aromatic heterocycles. The lowest BCUT2D eigenvalue weighted by Gasteiger charge is -2.18. The van der Waals surface area contributed by atoms with Gasteiger partial charge in [-0.2, -0.15) is 0 Å². The van der Waals surface area contributed by atoms with E-state index < -0.39 is 0 Å². The number of halogens is 1. The maximum absolute atomic E-state index is 6.20. The Hall–Kier alpha value is -0.930. The Bertz CT molecular complexity index is 409. The van der Waals surface area contributed by atoms with Crippen LogP contribution in [-0.2, 0) is 4.74 Å². The topological polar surface area (TPSA) is 30.5 Å². The van der Waals surface area contributed by atoms with E-state index in [1.165, 1.54) is 0 Å². The van der Waals surface area contributed by atoms with Gasteiger partial charge in [0, 0.05) is 12.3 Å². The highest BCUT2D eigenvalue weighted by molar-refractivity contribution is 6.32. The van der Waals surface area contributed by atoms with E-state index in [1.54, 1.807) is 0 Å². The van der Waals surface area contributed by atoms with Crippen LogP contribution in [0.1, 0.15) is 27.2 Å². The minimum atomic E-state index is 0.129. The normalized spacial score (nSPS) is 23.4. The summed E-state index contributed by atoms with van der Waals surface area (Å²) >= 11 is 6.20. The average molecular weight is 270 g/mol. The molecule has 1 N–H and O–H groups in total. The molecule has 2 unspecified atom stereocenters. The minimum absolute atomic E-state index is 0.129. The van der Waals surface area contributed by atoms with Crippen LogP contribution < -0.4 is 10.1 Å². The third-order valence-corrected chi connectivity index (χ3v) is 3.32. The van der Waals surface area contributed by atoms with Crippen molar-refractivity contribution in [2.24, 2.45) is 0 Å². The van der Waals surface area contributed by atoms with Crippen molar-refractivity contribution in [1.29, 1.82) is 0 Å². The largest absolute Gasteiger partial charge is 0.489 e. The van der Waals surface area contributed by atoms with E-state index in [4.69, 9.17) is 21.1 Å². The van der Waals surface area contributed by atoms with Crippen LogP contribution in [0.4, 0.5) is 5.69 Å². The van der Waals surface area contributed by atoms with Crippen molar-refractivity contribution in [2.45, 2.75) is 45.4 Å². The van der Waals surface area contributed by atoms with Crippen molar-refractivity contribution in [3.8, 4) is 5.75 Å². The molecular weight excluding hydrogens is 250 g/mol.